The van der Waals surface area contributed by atoms with E-state index in [-0.39, 0.29) is 6.15 Å². The molecule has 3 heteroatoms. The van der Waals surface area contributed by atoms with Crippen LogP contribution in [0, 0.1) is 0 Å². The predicted octanol–water partition coefficient (Wildman–Crippen LogP) is 7.69. The number of carboxylic acids is 1. The zero-order chi connectivity index (χ0) is 17.6. The second-order valence-electron chi connectivity index (χ2n) is 6.44. The Labute approximate surface area is 151 Å². The third kappa shape index (κ3) is 32.9. The van der Waals surface area contributed by atoms with E-state index in [9.17, 15) is 4.79 Å². The maximum atomic E-state index is 10.3. The molecule has 0 radical (unpaired) electrons. The lowest BCUT2D eigenvalue weighted by molar-refractivity contribution is -0.137. The number of aliphatic carboxylic acids is 1. The molecule has 0 unspecified atom stereocenters. The van der Waals surface area contributed by atoms with Gasteiger partial charge in [-0.2, -0.15) is 0 Å². The number of allylic oxidation sites excluding steroid dienone is 2. The summed E-state index contributed by atoms with van der Waals surface area (Å²) in [4.78, 5) is 10.3. The van der Waals surface area contributed by atoms with Crippen molar-refractivity contribution in [3.8, 4) is 0 Å². The van der Waals surface area contributed by atoms with Gasteiger partial charge in [-0.05, 0) is 32.1 Å². The van der Waals surface area contributed by atoms with Crippen LogP contribution >= 0.6 is 0 Å². The van der Waals surface area contributed by atoms with Crippen LogP contribution in [0.5, 0.6) is 0 Å². The van der Waals surface area contributed by atoms with Crippen LogP contribution in [0.15, 0.2) is 12.2 Å². The normalized spacial score (nSPS) is 10.1. The molecule has 0 fully saturated rings. The third-order valence-corrected chi connectivity index (χ3v) is 3.65. The molecule has 0 aromatic carbocycles. The Morgan fingerprint density at radius 3 is 1.50 bits per heavy atom. The number of carbonyl (C=O) groups is 1. The predicted molar refractivity (Wildman–Crippen MR) is 108 cm³/mol. The summed E-state index contributed by atoms with van der Waals surface area (Å²) in [7, 11) is 0. The van der Waals surface area contributed by atoms with Crippen LogP contribution in [-0.2, 0) is 4.79 Å². The maximum absolute atomic E-state index is 10.3. The van der Waals surface area contributed by atoms with E-state index >= 15 is 0 Å². The molecule has 0 aliphatic carbocycles. The first kappa shape index (κ1) is 28.0. The van der Waals surface area contributed by atoms with Crippen LogP contribution in [0.3, 0.4) is 0 Å². The minimum Gasteiger partial charge on any atom is -0.481 e. The average Bonchev–Trinajstić information content (AvgIpc) is 2.51. The van der Waals surface area contributed by atoms with Crippen molar-refractivity contribution in [3.63, 3.8) is 0 Å². The molecular formula is C21H45NO2. The summed E-state index contributed by atoms with van der Waals surface area (Å²) in [5.74, 6) is -0.664. The van der Waals surface area contributed by atoms with Gasteiger partial charge in [-0.3, -0.25) is 4.79 Å². The van der Waals surface area contributed by atoms with Gasteiger partial charge < -0.3 is 11.3 Å². The first-order valence-electron chi connectivity index (χ1n) is 10.1. The van der Waals surface area contributed by atoms with E-state index in [1.807, 2.05) is 0 Å². The molecule has 0 spiro atoms. The fourth-order valence-electron chi connectivity index (χ4n) is 2.35. The lowest BCUT2D eigenvalue weighted by Gasteiger charge is -1.99. The van der Waals surface area contributed by atoms with Gasteiger partial charge in [-0.1, -0.05) is 90.7 Å². The molecule has 0 aromatic heterocycles. The standard InChI is InChI=1S/C18H34O2.C3H8.H3N/c1-2-3-4-5-6-7-8-9-10-11-12-13-14-15-16-17-18(19)20;1-3-2;/h9-10H,2-8,11-17H2,1H3,(H,19,20);3H2,1-2H3;1H3/b10-9-;;. The molecule has 0 bridgehead atoms. The van der Waals surface area contributed by atoms with Gasteiger partial charge >= 0.3 is 5.97 Å². The second kappa shape index (κ2) is 27.0. The quantitative estimate of drug-likeness (QED) is 0.236. The van der Waals surface area contributed by atoms with E-state index in [1.165, 1.54) is 77.0 Å². The van der Waals surface area contributed by atoms with Gasteiger partial charge in [-0.15, -0.1) is 0 Å². The number of unbranched alkanes of at least 4 members (excludes halogenated alkanes) is 11. The van der Waals surface area contributed by atoms with Crippen molar-refractivity contribution in [2.45, 2.75) is 117 Å². The summed E-state index contributed by atoms with van der Waals surface area (Å²) in [6, 6.07) is 0. The largest absolute Gasteiger partial charge is 0.481 e. The summed E-state index contributed by atoms with van der Waals surface area (Å²) < 4.78 is 0. The van der Waals surface area contributed by atoms with Crippen molar-refractivity contribution in [1.29, 1.82) is 0 Å². The Kier molecular flexibility index (Phi) is 31.5. The molecule has 0 heterocycles. The van der Waals surface area contributed by atoms with E-state index in [1.54, 1.807) is 0 Å². The molecule has 4 N–H and O–H groups in total. The van der Waals surface area contributed by atoms with Crippen molar-refractivity contribution in [3.05, 3.63) is 12.2 Å². The molecule has 0 saturated carbocycles. The Morgan fingerprint density at radius 2 is 1.08 bits per heavy atom. The SMILES string of the molecule is CCC.CCCCCCCC/C=C\CCCCCCCC(=O)O.N. The van der Waals surface area contributed by atoms with E-state index in [4.69, 9.17) is 5.11 Å². The van der Waals surface area contributed by atoms with Gasteiger partial charge in [0.1, 0.15) is 0 Å². The van der Waals surface area contributed by atoms with E-state index in [0.717, 1.165) is 12.8 Å². The Hall–Kier alpha value is -0.830. The Balaban J connectivity index is -0.00000102. The van der Waals surface area contributed by atoms with Crippen LogP contribution in [0.1, 0.15) is 117 Å². The monoisotopic (exact) mass is 343 g/mol. The molecule has 0 aliphatic heterocycles. The maximum Gasteiger partial charge on any atom is 0.303 e. The van der Waals surface area contributed by atoms with Crippen LogP contribution < -0.4 is 6.15 Å². The van der Waals surface area contributed by atoms with Crippen LogP contribution in [0.4, 0.5) is 0 Å². The van der Waals surface area contributed by atoms with Gasteiger partial charge in [0.05, 0.1) is 0 Å². The fourth-order valence-corrected chi connectivity index (χ4v) is 2.35. The zero-order valence-corrected chi connectivity index (χ0v) is 16.8. The first-order chi connectivity index (χ1) is 11.2. The van der Waals surface area contributed by atoms with E-state index in [0.29, 0.717) is 6.42 Å². The van der Waals surface area contributed by atoms with Crippen molar-refractivity contribution < 1.29 is 9.90 Å². The van der Waals surface area contributed by atoms with Crippen molar-refractivity contribution in [1.82, 2.24) is 6.15 Å². The van der Waals surface area contributed by atoms with E-state index in [2.05, 4.69) is 32.9 Å². The summed E-state index contributed by atoms with van der Waals surface area (Å²) in [5.41, 5.74) is 0. The van der Waals surface area contributed by atoms with Gasteiger partial charge in [0, 0.05) is 6.42 Å². The lowest BCUT2D eigenvalue weighted by Crippen LogP contribution is -1.93. The number of carboxylic acid groups (broad SMARTS) is 1. The van der Waals surface area contributed by atoms with Crippen molar-refractivity contribution in [2.75, 3.05) is 0 Å². The molecule has 146 valence electrons. The van der Waals surface area contributed by atoms with Gasteiger partial charge in [-0.25, -0.2) is 0 Å². The molecule has 0 aliphatic rings. The minimum absolute atomic E-state index is 0. The van der Waals surface area contributed by atoms with Crippen molar-refractivity contribution in [2.24, 2.45) is 0 Å². The summed E-state index contributed by atoms with van der Waals surface area (Å²) >= 11 is 0. The summed E-state index contributed by atoms with van der Waals surface area (Å²) in [6.45, 7) is 6.51. The third-order valence-electron chi connectivity index (χ3n) is 3.65. The second-order valence-corrected chi connectivity index (χ2v) is 6.44. The highest BCUT2D eigenvalue weighted by Gasteiger charge is 1.95. The minimum atomic E-state index is -0.664. The molecular weight excluding hydrogens is 298 g/mol. The number of rotatable bonds is 15. The molecule has 0 atom stereocenters. The summed E-state index contributed by atoms with van der Waals surface area (Å²) in [5, 5.41) is 8.51. The van der Waals surface area contributed by atoms with Gasteiger partial charge in [0.25, 0.3) is 0 Å². The van der Waals surface area contributed by atoms with Gasteiger partial charge in [0.2, 0.25) is 0 Å². The van der Waals surface area contributed by atoms with Crippen LogP contribution in [-0.4, -0.2) is 11.1 Å². The smallest absolute Gasteiger partial charge is 0.303 e. The molecule has 3 nitrogen and oxygen atoms in total. The Morgan fingerprint density at radius 1 is 0.708 bits per heavy atom. The molecule has 0 rings (SSSR count). The topological polar surface area (TPSA) is 72.3 Å². The first-order valence-corrected chi connectivity index (χ1v) is 10.1. The molecule has 24 heavy (non-hydrogen) atoms. The van der Waals surface area contributed by atoms with Crippen molar-refractivity contribution >= 4 is 5.97 Å². The molecule has 0 aromatic rings. The Bertz CT molecular complexity index is 252. The highest BCUT2D eigenvalue weighted by Crippen LogP contribution is 2.09. The highest BCUT2D eigenvalue weighted by molar-refractivity contribution is 5.66. The van der Waals surface area contributed by atoms with Crippen LogP contribution in [0.25, 0.3) is 0 Å². The van der Waals surface area contributed by atoms with Gasteiger partial charge in [0.15, 0.2) is 0 Å². The molecule has 0 saturated heterocycles. The van der Waals surface area contributed by atoms with Crippen LogP contribution in [0.2, 0.25) is 0 Å². The average molecular weight is 344 g/mol. The number of hydrogen-bond donors (Lipinski definition) is 2. The highest BCUT2D eigenvalue weighted by atomic mass is 16.4. The summed E-state index contributed by atoms with van der Waals surface area (Å²) in [6.07, 6.45) is 22.5. The fraction of sp³-hybridized carbons (Fsp3) is 0.857. The number of hydrogen-bond acceptors (Lipinski definition) is 2. The lowest BCUT2D eigenvalue weighted by atomic mass is 10.1. The zero-order valence-electron chi connectivity index (χ0n) is 16.8. The van der Waals surface area contributed by atoms with E-state index < -0.39 is 5.97 Å². The molecule has 0 amide bonds.